The van der Waals surface area contributed by atoms with Gasteiger partial charge in [0.25, 0.3) is 0 Å². The van der Waals surface area contributed by atoms with E-state index in [1.165, 1.54) is 16.7 Å². The maximum Gasteiger partial charge on any atom is 0.350 e. The summed E-state index contributed by atoms with van der Waals surface area (Å²) in [6.45, 7) is 1.49. The SMILES string of the molecule is C[C@H](NC(=O)Cn1nc2ccccn2c1=O)c1cncc(F)c1. The largest absolute Gasteiger partial charge is 0.350 e. The van der Waals surface area contributed by atoms with Gasteiger partial charge in [0, 0.05) is 12.4 Å². The van der Waals surface area contributed by atoms with E-state index in [0.29, 0.717) is 11.2 Å². The number of pyridine rings is 2. The Hall–Kier alpha value is -3.03. The van der Waals surface area contributed by atoms with Gasteiger partial charge in [-0.2, -0.15) is 0 Å². The first-order valence-corrected chi connectivity index (χ1v) is 6.98. The van der Waals surface area contributed by atoms with Gasteiger partial charge in [-0.15, -0.1) is 5.10 Å². The van der Waals surface area contributed by atoms with Crippen LogP contribution >= 0.6 is 0 Å². The second kappa shape index (κ2) is 5.99. The summed E-state index contributed by atoms with van der Waals surface area (Å²) < 4.78 is 15.6. The van der Waals surface area contributed by atoms with E-state index in [1.807, 2.05) is 0 Å². The molecule has 0 saturated carbocycles. The van der Waals surface area contributed by atoms with Gasteiger partial charge in [-0.3, -0.25) is 14.2 Å². The molecule has 1 amide bonds. The van der Waals surface area contributed by atoms with Crippen LogP contribution in [0.2, 0.25) is 0 Å². The summed E-state index contributed by atoms with van der Waals surface area (Å²) in [6, 6.07) is 6.01. The Morgan fingerprint density at radius 3 is 2.96 bits per heavy atom. The Kier molecular flexibility index (Phi) is 3.88. The van der Waals surface area contributed by atoms with E-state index in [2.05, 4.69) is 15.4 Å². The molecule has 3 rings (SSSR count). The van der Waals surface area contributed by atoms with Crippen LogP contribution in [-0.2, 0) is 11.3 Å². The van der Waals surface area contributed by atoms with Crippen molar-refractivity contribution >= 4 is 11.6 Å². The van der Waals surface area contributed by atoms with E-state index in [9.17, 15) is 14.0 Å². The molecule has 0 unspecified atom stereocenters. The molecule has 0 fully saturated rings. The average molecular weight is 315 g/mol. The van der Waals surface area contributed by atoms with Crippen LogP contribution in [0.4, 0.5) is 4.39 Å². The van der Waals surface area contributed by atoms with Gasteiger partial charge >= 0.3 is 5.69 Å². The van der Waals surface area contributed by atoms with E-state index >= 15 is 0 Å². The number of aromatic nitrogens is 4. The number of halogens is 1. The normalized spacial score (nSPS) is 12.3. The number of rotatable bonds is 4. The van der Waals surface area contributed by atoms with Crippen molar-refractivity contribution in [1.82, 2.24) is 24.5 Å². The fourth-order valence-corrected chi connectivity index (χ4v) is 2.24. The Morgan fingerprint density at radius 2 is 2.22 bits per heavy atom. The lowest BCUT2D eigenvalue weighted by atomic mass is 10.1. The lowest BCUT2D eigenvalue weighted by Crippen LogP contribution is -2.34. The van der Waals surface area contributed by atoms with Gasteiger partial charge in [0.2, 0.25) is 5.91 Å². The molecule has 0 spiro atoms. The number of nitrogens with one attached hydrogen (secondary N) is 1. The molecule has 0 aromatic carbocycles. The number of fused-ring (bicyclic) bond motifs is 1. The Labute approximate surface area is 130 Å². The Balaban J connectivity index is 1.73. The summed E-state index contributed by atoms with van der Waals surface area (Å²) >= 11 is 0. The van der Waals surface area contributed by atoms with Gasteiger partial charge in [-0.25, -0.2) is 13.9 Å². The van der Waals surface area contributed by atoms with Crippen LogP contribution in [0.25, 0.3) is 5.65 Å². The lowest BCUT2D eigenvalue weighted by Gasteiger charge is -2.13. The summed E-state index contributed by atoms with van der Waals surface area (Å²) in [5.41, 5.74) is 0.615. The third kappa shape index (κ3) is 3.10. The topological polar surface area (TPSA) is 81.3 Å². The molecule has 23 heavy (non-hydrogen) atoms. The van der Waals surface area contributed by atoms with E-state index < -0.39 is 23.5 Å². The molecule has 0 saturated heterocycles. The van der Waals surface area contributed by atoms with Gasteiger partial charge < -0.3 is 5.32 Å². The number of carbonyl (C=O) groups is 1. The molecule has 118 valence electrons. The Bertz CT molecular complexity index is 917. The molecule has 8 heteroatoms. The van der Waals surface area contributed by atoms with Crippen molar-refractivity contribution in [3.8, 4) is 0 Å². The number of hydrogen-bond donors (Lipinski definition) is 1. The molecule has 0 aliphatic carbocycles. The zero-order valence-corrected chi connectivity index (χ0v) is 12.3. The fourth-order valence-electron chi connectivity index (χ4n) is 2.24. The first-order valence-electron chi connectivity index (χ1n) is 6.98. The van der Waals surface area contributed by atoms with Crippen LogP contribution in [0, 0.1) is 5.82 Å². The van der Waals surface area contributed by atoms with Crippen LogP contribution in [-0.4, -0.2) is 25.1 Å². The second-order valence-electron chi connectivity index (χ2n) is 5.09. The van der Waals surface area contributed by atoms with Crippen molar-refractivity contribution in [1.29, 1.82) is 0 Å². The highest BCUT2D eigenvalue weighted by Crippen LogP contribution is 2.11. The van der Waals surface area contributed by atoms with E-state index in [4.69, 9.17) is 0 Å². The molecule has 1 atom stereocenters. The number of amides is 1. The van der Waals surface area contributed by atoms with Crippen molar-refractivity contribution in [3.05, 3.63) is 64.7 Å². The first kappa shape index (κ1) is 14.9. The average Bonchev–Trinajstić information content (AvgIpc) is 2.84. The number of carbonyl (C=O) groups excluding carboxylic acids is 1. The van der Waals surface area contributed by atoms with E-state index in [1.54, 1.807) is 31.3 Å². The monoisotopic (exact) mass is 315 g/mol. The number of nitrogens with zero attached hydrogens (tertiary/aromatic N) is 4. The molecular formula is C15H14FN5O2. The van der Waals surface area contributed by atoms with Gasteiger partial charge in [-0.1, -0.05) is 6.07 Å². The molecular weight excluding hydrogens is 301 g/mol. The lowest BCUT2D eigenvalue weighted by molar-refractivity contribution is -0.122. The van der Waals surface area contributed by atoms with Crippen molar-refractivity contribution in [2.75, 3.05) is 0 Å². The standard InChI is InChI=1S/C15H14FN5O2/c1-10(11-6-12(16)8-17-7-11)18-14(22)9-21-15(23)20-5-3-2-4-13(20)19-21/h2-8,10H,9H2,1H3,(H,18,22)/t10-/m0/s1. The quantitative estimate of drug-likeness (QED) is 0.776. The van der Waals surface area contributed by atoms with Crippen LogP contribution in [0.3, 0.4) is 0 Å². The third-order valence-corrected chi connectivity index (χ3v) is 3.39. The minimum absolute atomic E-state index is 0.215. The number of hydrogen-bond acceptors (Lipinski definition) is 4. The van der Waals surface area contributed by atoms with Crippen LogP contribution in [0.15, 0.2) is 47.7 Å². The molecule has 0 radical (unpaired) electrons. The molecule has 0 aliphatic heterocycles. The molecule has 0 bridgehead atoms. The Morgan fingerprint density at radius 1 is 1.39 bits per heavy atom. The molecule has 0 aliphatic rings. The predicted molar refractivity (Wildman–Crippen MR) is 80.2 cm³/mol. The third-order valence-electron chi connectivity index (χ3n) is 3.39. The summed E-state index contributed by atoms with van der Waals surface area (Å²) in [7, 11) is 0. The molecule has 1 N–H and O–H groups in total. The van der Waals surface area contributed by atoms with Crippen LogP contribution in [0.1, 0.15) is 18.5 Å². The minimum atomic E-state index is -0.472. The molecule has 3 aromatic rings. The molecule has 3 aromatic heterocycles. The zero-order valence-electron chi connectivity index (χ0n) is 12.3. The van der Waals surface area contributed by atoms with Crippen LogP contribution in [0.5, 0.6) is 0 Å². The van der Waals surface area contributed by atoms with Crippen molar-refractivity contribution in [2.45, 2.75) is 19.5 Å². The summed E-state index contributed by atoms with van der Waals surface area (Å²) in [5.74, 6) is -0.868. The van der Waals surface area contributed by atoms with Crippen LogP contribution < -0.4 is 11.0 Å². The second-order valence-corrected chi connectivity index (χ2v) is 5.09. The van der Waals surface area contributed by atoms with E-state index in [0.717, 1.165) is 10.9 Å². The van der Waals surface area contributed by atoms with Gasteiger partial charge in [0.1, 0.15) is 12.4 Å². The van der Waals surface area contributed by atoms with Gasteiger partial charge in [-0.05, 0) is 30.7 Å². The van der Waals surface area contributed by atoms with Crippen molar-refractivity contribution < 1.29 is 9.18 Å². The molecule has 3 heterocycles. The summed E-state index contributed by atoms with van der Waals surface area (Å²) in [5, 5.41) is 6.77. The fraction of sp³-hybridized carbons (Fsp3) is 0.200. The van der Waals surface area contributed by atoms with E-state index in [-0.39, 0.29) is 6.54 Å². The van der Waals surface area contributed by atoms with Gasteiger partial charge in [0.15, 0.2) is 5.65 Å². The highest BCUT2D eigenvalue weighted by molar-refractivity contribution is 5.76. The molecule has 7 nitrogen and oxygen atoms in total. The maximum atomic E-state index is 13.1. The zero-order chi connectivity index (χ0) is 16.4. The highest BCUT2D eigenvalue weighted by atomic mass is 19.1. The smallest absolute Gasteiger partial charge is 0.348 e. The first-order chi connectivity index (χ1) is 11.0. The predicted octanol–water partition coefficient (Wildman–Crippen LogP) is 0.907. The maximum absolute atomic E-state index is 13.1. The van der Waals surface area contributed by atoms with Crippen molar-refractivity contribution in [3.63, 3.8) is 0 Å². The highest BCUT2D eigenvalue weighted by Gasteiger charge is 2.14. The summed E-state index contributed by atoms with van der Waals surface area (Å²) in [6.07, 6.45) is 4.15. The minimum Gasteiger partial charge on any atom is -0.348 e. The van der Waals surface area contributed by atoms with Crippen molar-refractivity contribution in [2.24, 2.45) is 0 Å². The summed E-state index contributed by atoms with van der Waals surface area (Å²) in [4.78, 5) is 27.9. The van der Waals surface area contributed by atoms with Gasteiger partial charge in [0.05, 0.1) is 12.2 Å².